The largest absolute Gasteiger partial charge is 0.121 e. The van der Waals surface area contributed by atoms with E-state index in [4.69, 9.17) is 0 Å². The monoisotopic (exact) mass is 196 g/mol. The first kappa shape index (κ1) is 11.3. The maximum atomic E-state index is 2.96. The molecule has 1 aliphatic carbocycles. The number of hydrogen-bond donors (Lipinski definition) is 0. The Morgan fingerprint density at radius 1 is 0.933 bits per heavy atom. The number of aryl methyl sites for hydroxylation is 1. The average Bonchev–Trinajstić information content (AvgIpc) is 2.48. The van der Waals surface area contributed by atoms with Gasteiger partial charge < -0.3 is 0 Å². The lowest BCUT2D eigenvalue weighted by molar-refractivity contribution is 1.48. The van der Waals surface area contributed by atoms with E-state index in [0.29, 0.717) is 0 Å². The summed E-state index contributed by atoms with van der Waals surface area (Å²) < 4.78 is 0. The van der Waals surface area contributed by atoms with E-state index in [0.717, 1.165) is 0 Å². The molecule has 0 atom stereocenters. The molecule has 0 fully saturated rings. The van der Waals surface area contributed by atoms with Crippen LogP contribution in [0.3, 0.4) is 0 Å². The number of allylic oxidation sites excluding steroid dienone is 5. The second-order valence-corrected chi connectivity index (χ2v) is 3.42. The zero-order chi connectivity index (χ0) is 10.9. The lowest BCUT2D eigenvalue weighted by Gasteiger charge is -1.82. The molecule has 0 nitrogen and oxygen atoms in total. The van der Waals surface area contributed by atoms with Crippen LogP contribution in [0.2, 0.25) is 0 Å². The molecule has 2 rings (SSSR count). The van der Waals surface area contributed by atoms with E-state index in [1.165, 1.54) is 11.1 Å². The summed E-state index contributed by atoms with van der Waals surface area (Å²) in [6.07, 6.45) is 9.87. The minimum Gasteiger partial charge on any atom is -0.121 e. The molecule has 0 N–H and O–H groups in total. The van der Waals surface area contributed by atoms with Crippen molar-refractivity contribution in [2.24, 2.45) is 0 Å². The zero-order valence-electron chi connectivity index (χ0n) is 9.27. The molecule has 0 aliphatic heterocycles. The van der Waals surface area contributed by atoms with Gasteiger partial charge in [-0.15, -0.1) is 5.73 Å². The second-order valence-electron chi connectivity index (χ2n) is 3.42. The van der Waals surface area contributed by atoms with Crippen molar-refractivity contribution in [3.05, 3.63) is 77.6 Å². The van der Waals surface area contributed by atoms with Crippen molar-refractivity contribution in [3.63, 3.8) is 0 Å². The molecule has 15 heavy (non-hydrogen) atoms. The van der Waals surface area contributed by atoms with Crippen molar-refractivity contribution >= 4 is 0 Å². The van der Waals surface area contributed by atoms with E-state index < -0.39 is 0 Å². The van der Waals surface area contributed by atoms with E-state index in [-0.39, 0.29) is 0 Å². The molecule has 0 unspecified atom stereocenters. The fourth-order valence-electron chi connectivity index (χ4n) is 1.08. The van der Waals surface area contributed by atoms with Crippen LogP contribution >= 0.6 is 0 Å². The van der Waals surface area contributed by atoms with Crippen molar-refractivity contribution in [1.82, 2.24) is 0 Å². The van der Waals surface area contributed by atoms with Crippen molar-refractivity contribution in [1.29, 1.82) is 0 Å². The van der Waals surface area contributed by atoms with Crippen molar-refractivity contribution < 1.29 is 0 Å². The van der Waals surface area contributed by atoms with Crippen LogP contribution in [-0.2, 0) is 0 Å². The molecule has 0 radical (unpaired) electrons. The third-order valence-electron chi connectivity index (χ3n) is 1.93. The topological polar surface area (TPSA) is 0 Å². The van der Waals surface area contributed by atoms with Crippen molar-refractivity contribution in [2.75, 3.05) is 0 Å². The molecule has 0 saturated heterocycles. The van der Waals surface area contributed by atoms with E-state index in [9.17, 15) is 0 Å². The highest BCUT2D eigenvalue weighted by Crippen LogP contribution is 1.97. The molecule has 1 aromatic carbocycles. The van der Waals surface area contributed by atoms with Gasteiger partial charge in [-0.05, 0) is 26.0 Å². The van der Waals surface area contributed by atoms with Crippen LogP contribution in [0.25, 0.3) is 0 Å². The minimum atomic E-state index is 1.27. The Bertz CT molecular complexity index is 399. The van der Waals surface area contributed by atoms with Gasteiger partial charge in [0.25, 0.3) is 0 Å². The highest BCUT2D eigenvalue weighted by atomic mass is 13.8. The van der Waals surface area contributed by atoms with E-state index in [1.807, 2.05) is 42.5 Å². The highest BCUT2D eigenvalue weighted by Gasteiger charge is 1.76. The van der Waals surface area contributed by atoms with Crippen LogP contribution < -0.4 is 0 Å². The Hall–Kier alpha value is -1.78. The molecule has 1 aromatic rings. The fourth-order valence-corrected chi connectivity index (χ4v) is 1.08. The highest BCUT2D eigenvalue weighted by molar-refractivity contribution is 5.27. The maximum absolute atomic E-state index is 2.96. The van der Waals surface area contributed by atoms with Crippen LogP contribution in [0, 0.1) is 6.92 Å². The van der Waals surface area contributed by atoms with Crippen LogP contribution in [0.5, 0.6) is 0 Å². The predicted molar refractivity (Wildman–Crippen MR) is 66.7 cm³/mol. The summed E-state index contributed by atoms with van der Waals surface area (Å²) in [6, 6.07) is 10.3. The molecule has 1 aliphatic rings. The minimum absolute atomic E-state index is 1.27. The molecule has 0 heterocycles. The van der Waals surface area contributed by atoms with Gasteiger partial charge in [-0.3, -0.25) is 0 Å². The standard InChI is InChI=1S/C8H8.C7H8/c1-8-6-4-2-3-5-7-8;1-7-5-3-2-4-6-7/h2,4-7H,1H3;2-6H,1H3. The van der Waals surface area contributed by atoms with Crippen LogP contribution in [0.1, 0.15) is 12.5 Å². The lowest BCUT2D eigenvalue weighted by atomic mass is 10.2. The van der Waals surface area contributed by atoms with Crippen molar-refractivity contribution in [3.8, 4) is 0 Å². The summed E-state index contributed by atoms with van der Waals surface area (Å²) in [7, 11) is 0. The Labute approximate surface area is 92.0 Å². The first-order valence-corrected chi connectivity index (χ1v) is 5.07. The summed E-state index contributed by atoms with van der Waals surface area (Å²) in [6.45, 7) is 4.15. The SMILES string of the molecule is CC1=CC=C=CC=C1.Cc1ccccc1. The van der Waals surface area contributed by atoms with Gasteiger partial charge in [0.1, 0.15) is 0 Å². The Kier molecular flexibility index (Phi) is 5.00. The summed E-state index contributed by atoms with van der Waals surface area (Å²) in [4.78, 5) is 0. The molecule has 0 aromatic heterocycles. The molecular weight excluding hydrogens is 180 g/mol. The van der Waals surface area contributed by atoms with E-state index >= 15 is 0 Å². The fraction of sp³-hybridized carbons (Fsp3) is 0.133. The maximum Gasteiger partial charge on any atom is -0.0197 e. The van der Waals surface area contributed by atoms with Gasteiger partial charge in [-0.1, -0.05) is 59.7 Å². The molecular formula is C15H16. The Balaban J connectivity index is 0.000000151. The molecule has 0 amide bonds. The summed E-state index contributed by atoms with van der Waals surface area (Å²) in [5, 5.41) is 0. The number of rotatable bonds is 0. The Morgan fingerprint density at radius 3 is 2.27 bits per heavy atom. The quantitative estimate of drug-likeness (QED) is 0.545. The Morgan fingerprint density at radius 2 is 1.67 bits per heavy atom. The first-order valence-electron chi connectivity index (χ1n) is 5.07. The predicted octanol–water partition coefficient (Wildman–Crippen LogP) is 4.21. The molecule has 0 spiro atoms. The molecule has 0 bridgehead atoms. The summed E-state index contributed by atoms with van der Waals surface area (Å²) in [5.41, 5.74) is 5.56. The van der Waals surface area contributed by atoms with Crippen molar-refractivity contribution in [2.45, 2.75) is 13.8 Å². The normalized spacial score (nSPS) is 12.5. The molecule has 0 saturated carbocycles. The van der Waals surface area contributed by atoms with Gasteiger partial charge in [-0.2, -0.15) is 0 Å². The molecule has 0 heteroatoms. The smallest absolute Gasteiger partial charge is 0.0197 e. The number of hydrogen-bond acceptors (Lipinski definition) is 0. The van der Waals surface area contributed by atoms with Gasteiger partial charge in [0, 0.05) is 0 Å². The molecule has 76 valence electrons. The summed E-state index contributed by atoms with van der Waals surface area (Å²) in [5.74, 6) is 0. The van der Waals surface area contributed by atoms with Gasteiger partial charge in [0.2, 0.25) is 0 Å². The van der Waals surface area contributed by atoms with Gasteiger partial charge in [0.15, 0.2) is 0 Å². The first-order chi connectivity index (χ1) is 7.29. The van der Waals surface area contributed by atoms with Gasteiger partial charge >= 0.3 is 0 Å². The van der Waals surface area contributed by atoms with E-state index in [2.05, 4.69) is 37.8 Å². The van der Waals surface area contributed by atoms with E-state index in [1.54, 1.807) is 0 Å². The lowest BCUT2D eigenvalue weighted by Crippen LogP contribution is -1.62. The third-order valence-corrected chi connectivity index (χ3v) is 1.93. The third kappa shape index (κ3) is 5.51. The average molecular weight is 196 g/mol. The van der Waals surface area contributed by atoms with Gasteiger partial charge in [-0.25, -0.2) is 0 Å². The van der Waals surface area contributed by atoms with Crippen LogP contribution in [0.4, 0.5) is 0 Å². The second kappa shape index (κ2) is 6.64. The zero-order valence-corrected chi connectivity index (χ0v) is 9.27. The number of benzene rings is 1. The van der Waals surface area contributed by atoms with Crippen LogP contribution in [-0.4, -0.2) is 0 Å². The van der Waals surface area contributed by atoms with Gasteiger partial charge in [0.05, 0.1) is 0 Å². The summed E-state index contributed by atoms with van der Waals surface area (Å²) >= 11 is 0. The van der Waals surface area contributed by atoms with Crippen LogP contribution in [0.15, 0.2) is 72.0 Å².